The molecule has 3 heteroatoms. The van der Waals surface area contributed by atoms with E-state index in [1.165, 1.54) is 71.2 Å². The van der Waals surface area contributed by atoms with E-state index in [9.17, 15) is 0 Å². The number of piperidine rings is 1. The zero-order valence-electron chi connectivity index (χ0n) is 11.4. The van der Waals surface area contributed by atoms with Gasteiger partial charge in [-0.15, -0.1) is 0 Å². The minimum Gasteiger partial charge on any atom is -0.328 e. The predicted octanol–water partition coefficient (Wildman–Crippen LogP) is 1.67. The van der Waals surface area contributed by atoms with Gasteiger partial charge in [0.25, 0.3) is 0 Å². The van der Waals surface area contributed by atoms with Gasteiger partial charge in [0.1, 0.15) is 0 Å². The van der Waals surface area contributed by atoms with Crippen molar-refractivity contribution in [2.75, 3.05) is 32.7 Å². The number of hydrogen-bond donors (Lipinski definition) is 1. The topological polar surface area (TPSA) is 32.5 Å². The molecule has 0 aromatic rings. The summed E-state index contributed by atoms with van der Waals surface area (Å²) in [6.45, 7) is 8.65. The fourth-order valence-corrected chi connectivity index (χ4v) is 3.11. The van der Waals surface area contributed by atoms with E-state index < -0.39 is 0 Å². The van der Waals surface area contributed by atoms with Crippen LogP contribution in [0.1, 0.15) is 45.4 Å². The summed E-state index contributed by atoms with van der Waals surface area (Å²) >= 11 is 0. The fraction of sp³-hybridized carbons (Fsp3) is 1.00. The number of likely N-dealkylation sites (tertiary alicyclic amines) is 2. The first-order chi connectivity index (χ1) is 8.25. The van der Waals surface area contributed by atoms with Gasteiger partial charge in [0.15, 0.2) is 0 Å². The van der Waals surface area contributed by atoms with Crippen LogP contribution < -0.4 is 5.73 Å². The van der Waals surface area contributed by atoms with E-state index in [1.54, 1.807) is 0 Å². The molecule has 0 aliphatic carbocycles. The van der Waals surface area contributed by atoms with Crippen LogP contribution in [-0.4, -0.2) is 54.6 Å². The molecule has 2 N–H and O–H groups in total. The highest BCUT2D eigenvalue weighted by Crippen LogP contribution is 2.16. The Morgan fingerprint density at radius 2 is 1.71 bits per heavy atom. The van der Waals surface area contributed by atoms with Crippen LogP contribution in [0.15, 0.2) is 0 Å². The molecule has 2 aliphatic heterocycles. The van der Waals surface area contributed by atoms with E-state index in [4.69, 9.17) is 5.73 Å². The Morgan fingerprint density at radius 3 is 2.47 bits per heavy atom. The Bertz CT molecular complexity index is 212. The van der Waals surface area contributed by atoms with Crippen LogP contribution in [0.2, 0.25) is 0 Å². The molecule has 2 saturated heterocycles. The molecule has 2 fully saturated rings. The lowest BCUT2D eigenvalue weighted by Gasteiger charge is -2.33. The molecule has 3 nitrogen and oxygen atoms in total. The highest BCUT2D eigenvalue weighted by Gasteiger charge is 2.19. The van der Waals surface area contributed by atoms with Gasteiger partial charge in [0.2, 0.25) is 0 Å². The zero-order valence-corrected chi connectivity index (χ0v) is 11.4. The van der Waals surface area contributed by atoms with Crippen LogP contribution in [0.25, 0.3) is 0 Å². The molecule has 17 heavy (non-hydrogen) atoms. The van der Waals surface area contributed by atoms with E-state index in [0.29, 0.717) is 6.04 Å². The third-order valence-electron chi connectivity index (χ3n) is 4.53. The van der Waals surface area contributed by atoms with Crippen LogP contribution >= 0.6 is 0 Å². The third kappa shape index (κ3) is 4.23. The Morgan fingerprint density at radius 1 is 0.941 bits per heavy atom. The quantitative estimate of drug-likeness (QED) is 0.813. The largest absolute Gasteiger partial charge is 0.328 e. The SMILES string of the molecule is CC1CCCCCN1CCN1CCC(N)CC1. The maximum Gasteiger partial charge on any atom is 0.0112 e. The summed E-state index contributed by atoms with van der Waals surface area (Å²) in [6, 6.07) is 1.26. The molecule has 0 saturated carbocycles. The van der Waals surface area contributed by atoms with Crippen LogP contribution in [0.5, 0.6) is 0 Å². The van der Waals surface area contributed by atoms with Crippen LogP contribution in [0, 0.1) is 0 Å². The fourth-order valence-electron chi connectivity index (χ4n) is 3.11. The lowest BCUT2D eigenvalue weighted by molar-refractivity contribution is 0.151. The number of nitrogens with zero attached hydrogens (tertiary/aromatic N) is 2. The van der Waals surface area contributed by atoms with Gasteiger partial charge in [0, 0.05) is 25.2 Å². The first-order valence-corrected chi connectivity index (χ1v) is 7.47. The minimum absolute atomic E-state index is 0.461. The van der Waals surface area contributed by atoms with Crippen molar-refractivity contribution in [1.82, 2.24) is 9.80 Å². The standard InChI is InChI=1S/C14H29N3/c1-13-5-3-2-4-8-17(13)12-11-16-9-6-14(15)7-10-16/h13-14H,2-12,15H2,1H3. The molecular weight excluding hydrogens is 210 g/mol. The van der Waals surface area contributed by atoms with Gasteiger partial charge in [-0.25, -0.2) is 0 Å². The second kappa shape index (κ2) is 6.72. The average Bonchev–Trinajstić information content (AvgIpc) is 2.54. The first-order valence-electron chi connectivity index (χ1n) is 7.47. The Hall–Kier alpha value is -0.120. The summed E-state index contributed by atoms with van der Waals surface area (Å²) in [5, 5.41) is 0. The lowest BCUT2D eigenvalue weighted by atomic mass is 10.1. The van der Waals surface area contributed by atoms with Gasteiger partial charge < -0.3 is 10.6 Å². The lowest BCUT2D eigenvalue weighted by Crippen LogP contribution is -2.44. The Balaban J connectivity index is 1.69. The van der Waals surface area contributed by atoms with Gasteiger partial charge in [-0.05, 0) is 52.2 Å². The summed E-state index contributed by atoms with van der Waals surface area (Å²) in [5.41, 5.74) is 5.94. The smallest absolute Gasteiger partial charge is 0.0112 e. The monoisotopic (exact) mass is 239 g/mol. The molecular formula is C14H29N3. The molecule has 1 unspecified atom stereocenters. The van der Waals surface area contributed by atoms with E-state index in [2.05, 4.69) is 16.7 Å². The van der Waals surface area contributed by atoms with Crippen molar-refractivity contribution in [1.29, 1.82) is 0 Å². The number of nitrogens with two attached hydrogens (primary N) is 1. The third-order valence-corrected chi connectivity index (χ3v) is 4.53. The van der Waals surface area contributed by atoms with Gasteiger partial charge in [0.05, 0.1) is 0 Å². The first kappa shape index (κ1) is 13.3. The van der Waals surface area contributed by atoms with Crippen LogP contribution in [0.3, 0.4) is 0 Å². The van der Waals surface area contributed by atoms with Gasteiger partial charge in [-0.2, -0.15) is 0 Å². The van der Waals surface area contributed by atoms with Gasteiger partial charge in [-0.3, -0.25) is 4.90 Å². The number of rotatable bonds is 3. The van der Waals surface area contributed by atoms with E-state index in [1.807, 2.05) is 0 Å². The Kier molecular flexibility index (Phi) is 5.26. The van der Waals surface area contributed by atoms with Crippen LogP contribution in [0.4, 0.5) is 0 Å². The molecule has 0 spiro atoms. The summed E-state index contributed by atoms with van der Waals surface area (Å²) < 4.78 is 0. The summed E-state index contributed by atoms with van der Waals surface area (Å²) in [5.74, 6) is 0. The van der Waals surface area contributed by atoms with Crippen molar-refractivity contribution in [3.63, 3.8) is 0 Å². The summed E-state index contributed by atoms with van der Waals surface area (Å²) in [4.78, 5) is 5.29. The molecule has 2 rings (SSSR count). The summed E-state index contributed by atoms with van der Waals surface area (Å²) in [6.07, 6.45) is 8.03. The van der Waals surface area contributed by atoms with Crippen molar-refractivity contribution in [2.24, 2.45) is 5.73 Å². The van der Waals surface area contributed by atoms with Crippen molar-refractivity contribution in [3.05, 3.63) is 0 Å². The normalized spacial score (nSPS) is 30.4. The molecule has 0 aromatic heterocycles. The van der Waals surface area contributed by atoms with Crippen molar-refractivity contribution >= 4 is 0 Å². The predicted molar refractivity (Wildman–Crippen MR) is 73.2 cm³/mol. The number of hydrogen-bond acceptors (Lipinski definition) is 3. The maximum atomic E-state index is 5.94. The molecule has 100 valence electrons. The Labute approximate surface area is 106 Å². The average molecular weight is 239 g/mol. The molecule has 1 atom stereocenters. The van der Waals surface area contributed by atoms with Crippen LogP contribution in [-0.2, 0) is 0 Å². The second-order valence-corrected chi connectivity index (χ2v) is 5.91. The molecule has 0 amide bonds. The molecule has 2 heterocycles. The zero-order chi connectivity index (χ0) is 12.1. The van der Waals surface area contributed by atoms with Crippen molar-refractivity contribution in [2.45, 2.75) is 57.5 Å². The van der Waals surface area contributed by atoms with Crippen molar-refractivity contribution < 1.29 is 0 Å². The molecule has 0 aromatic carbocycles. The summed E-state index contributed by atoms with van der Waals surface area (Å²) in [7, 11) is 0. The highest BCUT2D eigenvalue weighted by molar-refractivity contribution is 4.77. The van der Waals surface area contributed by atoms with Crippen molar-refractivity contribution in [3.8, 4) is 0 Å². The molecule has 0 radical (unpaired) electrons. The maximum absolute atomic E-state index is 5.94. The highest BCUT2D eigenvalue weighted by atomic mass is 15.2. The van der Waals surface area contributed by atoms with E-state index in [0.717, 1.165) is 6.04 Å². The molecule has 2 aliphatic rings. The van der Waals surface area contributed by atoms with Gasteiger partial charge >= 0.3 is 0 Å². The van der Waals surface area contributed by atoms with E-state index in [-0.39, 0.29) is 0 Å². The second-order valence-electron chi connectivity index (χ2n) is 5.91. The minimum atomic E-state index is 0.461. The molecule has 0 bridgehead atoms. The van der Waals surface area contributed by atoms with E-state index >= 15 is 0 Å². The van der Waals surface area contributed by atoms with Gasteiger partial charge in [-0.1, -0.05) is 12.8 Å².